The Morgan fingerprint density at radius 1 is 1.14 bits per heavy atom. The third kappa shape index (κ3) is 4.26. The van der Waals surface area contributed by atoms with Crippen molar-refractivity contribution in [1.29, 1.82) is 5.26 Å². The molecule has 0 bridgehead atoms. The van der Waals surface area contributed by atoms with Gasteiger partial charge in [-0.3, -0.25) is 4.79 Å². The predicted octanol–water partition coefficient (Wildman–Crippen LogP) is 4.45. The lowest BCUT2D eigenvalue weighted by Crippen LogP contribution is -2.14. The molecule has 0 unspecified atom stereocenters. The van der Waals surface area contributed by atoms with Gasteiger partial charge in [-0.2, -0.15) is 5.26 Å². The molecule has 0 saturated carbocycles. The predicted molar refractivity (Wildman–Crippen MR) is 88.9 cm³/mol. The second kappa shape index (κ2) is 7.51. The van der Waals surface area contributed by atoms with Crippen LogP contribution >= 0.6 is 23.2 Å². The van der Waals surface area contributed by atoms with Crippen LogP contribution in [-0.2, 0) is 4.79 Å². The highest BCUT2D eigenvalue weighted by atomic mass is 35.5. The number of amides is 1. The second-order valence-electron chi connectivity index (χ2n) is 4.26. The number of carbonyl (C=O) groups excluding carboxylic acids is 1. The average Bonchev–Trinajstić information content (AvgIpc) is 2.50. The topological polar surface area (TPSA) is 64.9 Å². The van der Waals surface area contributed by atoms with Crippen molar-refractivity contribution in [3.05, 3.63) is 70.3 Å². The Bertz CT molecular complexity index is 766. The minimum absolute atomic E-state index is 0.0834. The maximum Gasteiger partial charge on any atom is 0.267 e. The van der Waals surface area contributed by atoms with Crippen molar-refractivity contribution in [2.24, 2.45) is 0 Å². The van der Waals surface area contributed by atoms with E-state index >= 15 is 0 Å². The number of carbonyl (C=O) groups is 1. The van der Waals surface area contributed by atoms with E-state index < -0.39 is 5.91 Å². The van der Waals surface area contributed by atoms with Crippen LogP contribution in [0.5, 0.6) is 0 Å². The van der Waals surface area contributed by atoms with Gasteiger partial charge >= 0.3 is 0 Å². The van der Waals surface area contributed by atoms with Gasteiger partial charge < -0.3 is 10.6 Å². The summed E-state index contributed by atoms with van der Waals surface area (Å²) in [5.74, 6) is -0.551. The molecule has 0 spiro atoms. The number of benzene rings is 2. The molecule has 0 saturated heterocycles. The monoisotopic (exact) mass is 331 g/mol. The number of para-hydroxylation sites is 1. The van der Waals surface area contributed by atoms with Crippen molar-refractivity contribution >= 4 is 40.5 Å². The van der Waals surface area contributed by atoms with Gasteiger partial charge in [-0.25, -0.2) is 0 Å². The van der Waals surface area contributed by atoms with Crippen molar-refractivity contribution in [2.75, 3.05) is 10.6 Å². The number of halogens is 2. The second-order valence-corrected chi connectivity index (χ2v) is 5.10. The molecule has 110 valence electrons. The Morgan fingerprint density at radius 2 is 1.91 bits per heavy atom. The fraction of sp³-hybridized carbons (Fsp3) is 0. The van der Waals surface area contributed by atoms with Crippen LogP contribution in [0.25, 0.3) is 0 Å². The molecule has 0 fully saturated rings. The Balaban J connectivity index is 2.11. The van der Waals surface area contributed by atoms with Gasteiger partial charge in [-0.15, -0.1) is 0 Å². The van der Waals surface area contributed by atoms with E-state index in [9.17, 15) is 4.79 Å². The summed E-state index contributed by atoms with van der Waals surface area (Å²) in [6.45, 7) is 0. The molecule has 0 atom stereocenters. The molecular weight excluding hydrogens is 321 g/mol. The first kappa shape index (κ1) is 15.9. The van der Waals surface area contributed by atoms with Gasteiger partial charge in [0.15, 0.2) is 0 Å². The highest BCUT2D eigenvalue weighted by molar-refractivity contribution is 6.34. The van der Waals surface area contributed by atoms with Gasteiger partial charge in [-0.1, -0.05) is 41.4 Å². The molecule has 0 aromatic heterocycles. The fourth-order valence-corrected chi connectivity index (χ4v) is 2.01. The quantitative estimate of drug-likeness (QED) is 0.642. The smallest absolute Gasteiger partial charge is 0.267 e. The molecule has 6 heteroatoms. The number of nitriles is 1. The lowest BCUT2D eigenvalue weighted by molar-refractivity contribution is -0.112. The molecule has 2 rings (SSSR count). The highest BCUT2D eigenvalue weighted by Crippen LogP contribution is 2.21. The summed E-state index contributed by atoms with van der Waals surface area (Å²) < 4.78 is 0. The van der Waals surface area contributed by atoms with E-state index in [1.54, 1.807) is 48.5 Å². The van der Waals surface area contributed by atoms with Gasteiger partial charge in [-0.05, 0) is 30.3 Å². The number of anilines is 2. The molecule has 0 aliphatic heterocycles. The first-order valence-corrected chi connectivity index (χ1v) is 7.04. The van der Waals surface area contributed by atoms with E-state index in [2.05, 4.69) is 10.6 Å². The standard InChI is InChI=1S/C16H11Cl2N3O/c17-12-4-3-5-13(8-12)20-10-11(9-19)16(22)21-15-7-2-1-6-14(15)18/h1-8,10,20H,(H,21,22)/b11-10-. The third-order valence-electron chi connectivity index (χ3n) is 2.69. The van der Waals surface area contributed by atoms with E-state index in [0.29, 0.717) is 21.4 Å². The van der Waals surface area contributed by atoms with Crippen molar-refractivity contribution < 1.29 is 4.79 Å². The largest absolute Gasteiger partial charge is 0.360 e. The summed E-state index contributed by atoms with van der Waals surface area (Å²) in [5, 5.41) is 15.5. The van der Waals surface area contributed by atoms with Crippen LogP contribution in [0.15, 0.2) is 60.3 Å². The van der Waals surface area contributed by atoms with Gasteiger partial charge in [0.1, 0.15) is 11.6 Å². The lowest BCUT2D eigenvalue weighted by Gasteiger charge is -2.06. The summed E-state index contributed by atoms with van der Waals surface area (Å²) in [5.41, 5.74) is 1.03. The lowest BCUT2D eigenvalue weighted by atomic mass is 10.2. The van der Waals surface area contributed by atoms with E-state index in [0.717, 1.165) is 0 Å². The van der Waals surface area contributed by atoms with Crippen LogP contribution < -0.4 is 10.6 Å². The van der Waals surface area contributed by atoms with E-state index in [-0.39, 0.29) is 5.57 Å². The van der Waals surface area contributed by atoms with Gasteiger partial charge in [0, 0.05) is 16.9 Å². The van der Waals surface area contributed by atoms with Gasteiger partial charge in [0.05, 0.1) is 10.7 Å². The molecular formula is C16H11Cl2N3O. The Labute approximate surface area is 138 Å². The molecule has 4 nitrogen and oxygen atoms in total. The molecule has 2 N–H and O–H groups in total. The Hall–Kier alpha value is -2.48. The van der Waals surface area contributed by atoms with Crippen LogP contribution in [0.1, 0.15) is 0 Å². The van der Waals surface area contributed by atoms with Gasteiger partial charge in [0.25, 0.3) is 5.91 Å². The van der Waals surface area contributed by atoms with Crippen LogP contribution in [0.2, 0.25) is 10.0 Å². The van der Waals surface area contributed by atoms with Crippen LogP contribution in [0, 0.1) is 11.3 Å². The van der Waals surface area contributed by atoms with Gasteiger partial charge in [0.2, 0.25) is 0 Å². The summed E-state index contributed by atoms with van der Waals surface area (Å²) in [6.07, 6.45) is 1.32. The molecule has 0 radical (unpaired) electrons. The first-order chi connectivity index (χ1) is 10.6. The molecule has 0 aliphatic carbocycles. The number of hydrogen-bond acceptors (Lipinski definition) is 3. The zero-order valence-corrected chi connectivity index (χ0v) is 12.8. The minimum Gasteiger partial charge on any atom is -0.360 e. The summed E-state index contributed by atoms with van der Waals surface area (Å²) in [4.78, 5) is 12.1. The van der Waals surface area contributed by atoms with Crippen molar-refractivity contribution in [3.8, 4) is 6.07 Å². The van der Waals surface area contributed by atoms with Crippen LogP contribution in [0.3, 0.4) is 0 Å². The molecule has 0 heterocycles. The number of nitrogens with one attached hydrogen (secondary N) is 2. The number of hydrogen-bond donors (Lipinski definition) is 2. The number of rotatable bonds is 4. The maximum absolute atomic E-state index is 12.1. The maximum atomic E-state index is 12.1. The first-order valence-electron chi connectivity index (χ1n) is 6.28. The number of nitrogens with zero attached hydrogens (tertiary/aromatic N) is 1. The van der Waals surface area contributed by atoms with E-state index in [1.165, 1.54) is 6.20 Å². The third-order valence-corrected chi connectivity index (χ3v) is 3.26. The van der Waals surface area contributed by atoms with Crippen LogP contribution in [0.4, 0.5) is 11.4 Å². The summed E-state index contributed by atoms with van der Waals surface area (Å²) in [6, 6.07) is 15.6. The fourth-order valence-electron chi connectivity index (χ4n) is 1.63. The van der Waals surface area contributed by atoms with Crippen molar-refractivity contribution in [3.63, 3.8) is 0 Å². The molecule has 22 heavy (non-hydrogen) atoms. The summed E-state index contributed by atoms with van der Waals surface area (Å²) in [7, 11) is 0. The SMILES string of the molecule is N#C/C(=C/Nc1cccc(Cl)c1)C(=O)Nc1ccccc1Cl. The Morgan fingerprint density at radius 3 is 2.59 bits per heavy atom. The van der Waals surface area contributed by atoms with Crippen molar-refractivity contribution in [2.45, 2.75) is 0 Å². The molecule has 1 amide bonds. The zero-order chi connectivity index (χ0) is 15.9. The normalized spacial score (nSPS) is 10.7. The Kier molecular flexibility index (Phi) is 5.42. The molecule has 2 aromatic rings. The van der Waals surface area contributed by atoms with Crippen LogP contribution in [-0.4, -0.2) is 5.91 Å². The van der Waals surface area contributed by atoms with Crippen molar-refractivity contribution in [1.82, 2.24) is 0 Å². The van der Waals surface area contributed by atoms with E-state index in [4.69, 9.17) is 28.5 Å². The summed E-state index contributed by atoms with van der Waals surface area (Å²) >= 11 is 11.8. The zero-order valence-electron chi connectivity index (χ0n) is 11.3. The average molecular weight is 332 g/mol. The van der Waals surface area contributed by atoms with E-state index in [1.807, 2.05) is 6.07 Å². The molecule has 0 aliphatic rings. The molecule has 2 aromatic carbocycles. The highest BCUT2D eigenvalue weighted by Gasteiger charge is 2.10. The minimum atomic E-state index is -0.551.